The second kappa shape index (κ2) is 3.75. The Morgan fingerprint density at radius 1 is 1.64 bits per heavy atom. The summed E-state index contributed by atoms with van der Waals surface area (Å²) in [6.07, 6.45) is -2.12. The third-order valence-corrected chi connectivity index (χ3v) is 1.93. The monoisotopic (exact) mass is 222 g/mol. The van der Waals surface area contributed by atoms with E-state index in [1.807, 2.05) is 0 Å². The Balaban J connectivity index is 3.41. The molecule has 0 aliphatic heterocycles. The van der Waals surface area contributed by atoms with Crippen LogP contribution in [0.2, 0.25) is 5.02 Å². The topological polar surface area (TPSA) is 76.2 Å². The lowest BCUT2D eigenvalue weighted by molar-refractivity contribution is 0.0697. The van der Waals surface area contributed by atoms with Gasteiger partial charge in [-0.15, -0.1) is 0 Å². The van der Waals surface area contributed by atoms with Crippen LogP contribution in [0.4, 0.5) is 14.6 Å². The fourth-order valence-electron chi connectivity index (χ4n) is 0.873. The molecule has 0 aliphatic carbocycles. The molecule has 0 amide bonds. The van der Waals surface area contributed by atoms with Crippen LogP contribution in [0, 0.1) is 0 Å². The Hall–Kier alpha value is -1.43. The van der Waals surface area contributed by atoms with E-state index in [0.29, 0.717) is 0 Å². The van der Waals surface area contributed by atoms with Crippen molar-refractivity contribution in [3.05, 3.63) is 22.3 Å². The van der Waals surface area contributed by atoms with Crippen LogP contribution >= 0.6 is 11.6 Å². The lowest BCUT2D eigenvalue weighted by atomic mass is 10.2. The molecule has 76 valence electrons. The molecule has 0 bridgehead atoms. The number of nitrogens with zero attached hydrogens (tertiary/aromatic N) is 1. The van der Waals surface area contributed by atoms with Crippen LogP contribution in [-0.4, -0.2) is 16.1 Å². The summed E-state index contributed by atoms with van der Waals surface area (Å²) in [6, 6.07) is 0. The van der Waals surface area contributed by atoms with Gasteiger partial charge in [-0.2, -0.15) is 0 Å². The van der Waals surface area contributed by atoms with Crippen LogP contribution in [0.25, 0.3) is 0 Å². The minimum absolute atomic E-state index is 0.382. The molecule has 4 nitrogen and oxygen atoms in total. The number of anilines is 1. The molecule has 1 aromatic rings. The summed E-state index contributed by atoms with van der Waals surface area (Å²) in [6.45, 7) is 0. The lowest BCUT2D eigenvalue weighted by Gasteiger charge is -2.07. The Morgan fingerprint density at radius 2 is 2.21 bits per heavy atom. The molecular formula is C7H5ClF2N2O2. The van der Waals surface area contributed by atoms with Gasteiger partial charge in [0, 0.05) is 6.20 Å². The van der Waals surface area contributed by atoms with Gasteiger partial charge in [0.1, 0.15) is 11.4 Å². The predicted octanol–water partition coefficient (Wildman–Crippen LogP) is 1.95. The summed E-state index contributed by atoms with van der Waals surface area (Å²) in [5, 5.41) is 8.03. The Kier molecular flexibility index (Phi) is 2.85. The number of pyridine rings is 1. The molecule has 0 aromatic carbocycles. The lowest BCUT2D eigenvalue weighted by Crippen LogP contribution is -2.07. The molecule has 1 rings (SSSR count). The number of aromatic nitrogens is 1. The standard InChI is InChI=1S/C7H5ClF2N2O2/c8-4-2(5(9)10)1-12-6(11)3(4)7(13)14/h1,5H,(H2,11,12)(H,13,14). The molecule has 3 N–H and O–H groups in total. The minimum Gasteiger partial charge on any atom is -0.478 e. The van der Waals surface area contributed by atoms with Crippen LogP contribution in [0.3, 0.4) is 0 Å². The predicted molar refractivity (Wildman–Crippen MR) is 45.6 cm³/mol. The summed E-state index contributed by atoms with van der Waals surface area (Å²) in [5.74, 6) is -1.87. The first-order valence-corrected chi connectivity index (χ1v) is 3.78. The summed E-state index contributed by atoms with van der Waals surface area (Å²) in [5.41, 5.74) is 3.94. The fourth-order valence-corrected chi connectivity index (χ4v) is 1.18. The van der Waals surface area contributed by atoms with Crippen LogP contribution in [-0.2, 0) is 0 Å². The molecule has 0 radical (unpaired) electrons. The molecule has 0 saturated heterocycles. The quantitative estimate of drug-likeness (QED) is 0.802. The first-order valence-electron chi connectivity index (χ1n) is 3.40. The van der Waals surface area contributed by atoms with Crippen LogP contribution in [0.15, 0.2) is 6.20 Å². The average Bonchev–Trinajstić information content (AvgIpc) is 2.02. The van der Waals surface area contributed by atoms with Crippen molar-refractivity contribution in [3.63, 3.8) is 0 Å². The summed E-state index contributed by atoms with van der Waals surface area (Å²) >= 11 is 5.42. The zero-order valence-electron chi connectivity index (χ0n) is 6.67. The highest BCUT2D eigenvalue weighted by Gasteiger charge is 2.21. The second-order valence-corrected chi connectivity index (χ2v) is 2.77. The van der Waals surface area contributed by atoms with Gasteiger partial charge in [-0.05, 0) is 0 Å². The van der Waals surface area contributed by atoms with Crippen LogP contribution in [0.1, 0.15) is 22.3 Å². The fraction of sp³-hybridized carbons (Fsp3) is 0.143. The number of halogens is 3. The Labute approximate surface area is 82.3 Å². The molecular weight excluding hydrogens is 218 g/mol. The molecule has 1 heterocycles. The summed E-state index contributed by atoms with van der Waals surface area (Å²) < 4.78 is 24.5. The van der Waals surface area contributed by atoms with Gasteiger partial charge in [-0.25, -0.2) is 18.6 Å². The van der Waals surface area contributed by atoms with Crippen molar-refractivity contribution in [1.29, 1.82) is 0 Å². The zero-order valence-corrected chi connectivity index (χ0v) is 7.42. The molecule has 0 atom stereocenters. The minimum atomic E-state index is -2.88. The number of nitrogen functional groups attached to an aromatic ring is 1. The highest BCUT2D eigenvalue weighted by atomic mass is 35.5. The number of alkyl halides is 2. The highest BCUT2D eigenvalue weighted by molar-refractivity contribution is 6.34. The van der Waals surface area contributed by atoms with Crippen molar-refractivity contribution >= 4 is 23.4 Å². The third-order valence-electron chi connectivity index (χ3n) is 1.52. The smallest absolute Gasteiger partial charge is 0.341 e. The van der Waals surface area contributed by atoms with Gasteiger partial charge in [0.05, 0.1) is 10.6 Å². The van der Waals surface area contributed by atoms with Crippen molar-refractivity contribution in [3.8, 4) is 0 Å². The largest absolute Gasteiger partial charge is 0.478 e. The van der Waals surface area contributed by atoms with Crippen molar-refractivity contribution in [2.75, 3.05) is 5.73 Å². The van der Waals surface area contributed by atoms with Crippen LogP contribution < -0.4 is 5.73 Å². The van der Waals surface area contributed by atoms with Crippen molar-refractivity contribution in [2.45, 2.75) is 6.43 Å². The van der Waals surface area contributed by atoms with Gasteiger partial charge in [-0.3, -0.25) is 0 Å². The molecule has 0 saturated carbocycles. The molecule has 1 aromatic heterocycles. The van der Waals surface area contributed by atoms with E-state index in [9.17, 15) is 13.6 Å². The van der Waals surface area contributed by atoms with E-state index in [1.165, 1.54) is 0 Å². The van der Waals surface area contributed by atoms with Gasteiger partial charge >= 0.3 is 5.97 Å². The number of rotatable bonds is 2. The number of nitrogens with two attached hydrogens (primary N) is 1. The molecule has 0 aliphatic rings. The summed E-state index contributed by atoms with van der Waals surface area (Å²) in [7, 11) is 0. The maximum atomic E-state index is 12.2. The Morgan fingerprint density at radius 3 is 2.64 bits per heavy atom. The van der Waals surface area contributed by atoms with Crippen molar-refractivity contribution in [2.24, 2.45) is 0 Å². The van der Waals surface area contributed by atoms with E-state index in [-0.39, 0.29) is 5.82 Å². The number of carboxylic acids is 1. The maximum absolute atomic E-state index is 12.2. The normalized spacial score (nSPS) is 10.6. The molecule has 0 unspecified atom stereocenters. The number of carbonyl (C=O) groups is 1. The van der Waals surface area contributed by atoms with Crippen molar-refractivity contribution < 1.29 is 18.7 Å². The van der Waals surface area contributed by atoms with E-state index in [0.717, 1.165) is 6.20 Å². The SMILES string of the molecule is Nc1ncc(C(F)F)c(Cl)c1C(=O)O. The zero-order chi connectivity index (χ0) is 10.9. The molecule has 7 heteroatoms. The van der Waals surface area contributed by atoms with E-state index in [1.54, 1.807) is 0 Å². The summed E-state index contributed by atoms with van der Waals surface area (Å²) in [4.78, 5) is 13.9. The van der Waals surface area contributed by atoms with Gasteiger partial charge < -0.3 is 10.8 Å². The second-order valence-electron chi connectivity index (χ2n) is 2.39. The van der Waals surface area contributed by atoms with Crippen LogP contribution in [0.5, 0.6) is 0 Å². The van der Waals surface area contributed by atoms with Gasteiger partial charge in [0.2, 0.25) is 0 Å². The van der Waals surface area contributed by atoms with E-state index in [2.05, 4.69) is 4.98 Å². The number of hydrogen-bond donors (Lipinski definition) is 2. The van der Waals surface area contributed by atoms with E-state index < -0.39 is 28.5 Å². The molecule has 0 spiro atoms. The van der Waals surface area contributed by atoms with Gasteiger partial charge in [0.15, 0.2) is 0 Å². The average molecular weight is 223 g/mol. The van der Waals surface area contributed by atoms with Gasteiger partial charge in [0.25, 0.3) is 6.43 Å². The first-order chi connectivity index (χ1) is 6.45. The first kappa shape index (κ1) is 10.6. The number of hydrogen-bond acceptors (Lipinski definition) is 3. The Bertz CT molecular complexity index is 384. The van der Waals surface area contributed by atoms with E-state index in [4.69, 9.17) is 22.4 Å². The number of aromatic carboxylic acids is 1. The van der Waals surface area contributed by atoms with Gasteiger partial charge in [-0.1, -0.05) is 11.6 Å². The van der Waals surface area contributed by atoms with E-state index >= 15 is 0 Å². The number of carboxylic acid groups (broad SMARTS) is 1. The molecule has 0 fully saturated rings. The maximum Gasteiger partial charge on any atom is 0.341 e. The third kappa shape index (κ3) is 1.74. The van der Waals surface area contributed by atoms with Crippen molar-refractivity contribution in [1.82, 2.24) is 4.98 Å². The molecule has 14 heavy (non-hydrogen) atoms. The highest BCUT2D eigenvalue weighted by Crippen LogP contribution is 2.31.